The smallest absolute Gasteiger partial charge is 0.470 e. The van der Waals surface area contributed by atoms with Gasteiger partial charge in [0.25, 0.3) is 0 Å². The Morgan fingerprint density at radius 2 is 1.76 bits per heavy atom. The highest BCUT2D eigenvalue weighted by Crippen LogP contribution is 2.44. The molecule has 0 amide bonds. The molecule has 5 N–H and O–H groups in total. The molecule has 1 fully saturated rings. The van der Waals surface area contributed by atoms with Crippen LogP contribution in [0.4, 0.5) is 0 Å². The average Bonchev–Trinajstić information content (AvgIpc) is 3.20. The second-order valence-corrected chi connectivity index (χ2v) is 8.69. The SMILES string of the molecule is O=C(O[C@@H]1[C@@H](OP(=O)(O)O)[C@H](O)[C@@H](CO)O[C@H]1n1ccc2ccccc21)c1ccc(O)cc1. The second-order valence-electron chi connectivity index (χ2n) is 7.50. The zero-order valence-corrected chi connectivity index (χ0v) is 17.9. The van der Waals surface area contributed by atoms with Crippen LogP contribution < -0.4 is 0 Å². The van der Waals surface area contributed by atoms with E-state index in [-0.39, 0.29) is 11.3 Å². The predicted octanol–water partition coefficient (Wildman–Crippen LogP) is 1.30. The summed E-state index contributed by atoms with van der Waals surface area (Å²) < 4.78 is 29.4. The number of aromatic hydroxyl groups is 1. The number of nitrogens with zero attached hydrogens (tertiary/aromatic N) is 1. The summed E-state index contributed by atoms with van der Waals surface area (Å²) in [5.41, 5.74) is 0.689. The van der Waals surface area contributed by atoms with E-state index in [1.54, 1.807) is 29.0 Å². The molecule has 2 heterocycles. The van der Waals surface area contributed by atoms with Crippen LogP contribution >= 0.6 is 7.82 Å². The number of aliphatic hydroxyl groups excluding tert-OH is 2. The van der Waals surface area contributed by atoms with Crippen molar-refractivity contribution in [3.05, 3.63) is 66.4 Å². The molecule has 33 heavy (non-hydrogen) atoms. The molecule has 0 aliphatic carbocycles. The van der Waals surface area contributed by atoms with Crippen molar-refractivity contribution in [2.45, 2.75) is 30.6 Å². The van der Waals surface area contributed by atoms with Gasteiger partial charge in [-0.25, -0.2) is 9.36 Å². The molecule has 0 radical (unpaired) electrons. The second kappa shape index (κ2) is 9.24. The summed E-state index contributed by atoms with van der Waals surface area (Å²) in [7, 11) is -5.15. The third-order valence-corrected chi connectivity index (χ3v) is 5.84. The highest BCUT2D eigenvalue weighted by molar-refractivity contribution is 7.46. The van der Waals surface area contributed by atoms with Crippen molar-refractivity contribution in [1.29, 1.82) is 0 Å². The molecular formula is C21H22NO10P. The topological polar surface area (TPSA) is 168 Å². The Hall–Kier alpha value is -2.76. The number of ether oxygens (including phenoxy) is 2. The van der Waals surface area contributed by atoms with E-state index < -0.39 is 51.0 Å². The molecule has 11 nitrogen and oxygen atoms in total. The largest absolute Gasteiger partial charge is 0.508 e. The highest BCUT2D eigenvalue weighted by atomic mass is 31.2. The van der Waals surface area contributed by atoms with Crippen LogP contribution in [0.25, 0.3) is 10.9 Å². The molecule has 0 saturated carbocycles. The van der Waals surface area contributed by atoms with Gasteiger partial charge in [0.05, 0.1) is 17.7 Å². The van der Waals surface area contributed by atoms with Crippen LogP contribution in [-0.2, 0) is 18.6 Å². The fraction of sp³-hybridized carbons (Fsp3) is 0.286. The van der Waals surface area contributed by atoms with E-state index in [1.807, 2.05) is 12.1 Å². The van der Waals surface area contributed by atoms with Crippen molar-refractivity contribution in [3.8, 4) is 5.75 Å². The van der Waals surface area contributed by atoms with Gasteiger partial charge in [-0.05, 0) is 41.8 Å². The molecule has 4 rings (SSSR count). The number of rotatable bonds is 6. The van der Waals surface area contributed by atoms with Crippen LogP contribution in [0.5, 0.6) is 5.75 Å². The summed E-state index contributed by atoms with van der Waals surface area (Å²) >= 11 is 0. The summed E-state index contributed by atoms with van der Waals surface area (Å²) in [6.45, 7) is -0.684. The fourth-order valence-electron chi connectivity index (χ4n) is 3.80. The number of carbonyl (C=O) groups excluding carboxylic acids is 1. The molecule has 1 aromatic heterocycles. The van der Waals surface area contributed by atoms with Crippen molar-refractivity contribution in [2.75, 3.05) is 6.61 Å². The fourth-order valence-corrected chi connectivity index (χ4v) is 4.36. The summed E-state index contributed by atoms with van der Waals surface area (Å²) in [6.07, 6.45) is -5.84. The molecule has 1 saturated heterocycles. The number of phenolic OH excluding ortho intramolecular Hbond substituents is 1. The summed E-state index contributed by atoms with van der Waals surface area (Å²) in [5, 5.41) is 30.6. The first kappa shape index (κ1) is 23.4. The summed E-state index contributed by atoms with van der Waals surface area (Å²) in [4.78, 5) is 31.7. The van der Waals surface area contributed by atoms with Crippen molar-refractivity contribution in [1.82, 2.24) is 4.57 Å². The maximum atomic E-state index is 12.8. The lowest BCUT2D eigenvalue weighted by Crippen LogP contribution is -2.58. The first-order valence-electron chi connectivity index (χ1n) is 9.92. The minimum atomic E-state index is -5.15. The van der Waals surface area contributed by atoms with Crippen molar-refractivity contribution in [2.24, 2.45) is 0 Å². The van der Waals surface area contributed by atoms with E-state index in [2.05, 4.69) is 0 Å². The number of phosphoric ester groups is 1. The van der Waals surface area contributed by atoms with Crippen LogP contribution in [0.15, 0.2) is 60.8 Å². The van der Waals surface area contributed by atoms with E-state index in [1.165, 1.54) is 24.3 Å². The number of hydrogen-bond acceptors (Lipinski definition) is 8. The maximum Gasteiger partial charge on any atom is 0.470 e. The third kappa shape index (κ3) is 4.94. The van der Waals surface area contributed by atoms with Crippen LogP contribution in [0.3, 0.4) is 0 Å². The number of aliphatic hydroxyl groups is 2. The molecule has 0 bridgehead atoms. The van der Waals surface area contributed by atoms with E-state index in [9.17, 15) is 34.5 Å². The van der Waals surface area contributed by atoms with Crippen molar-refractivity contribution < 1.29 is 48.5 Å². The normalized spacial score (nSPS) is 25.8. The molecule has 12 heteroatoms. The Kier molecular flexibility index (Phi) is 6.55. The van der Waals surface area contributed by atoms with Crippen molar-refractivity contribution in [3.63, 3.8) is 0 Å². The molecule has 1 aliphatic rings. The number of phosphoric acid groups is 1. The molecule has 1 aliphatic heterocycles. The first-order valence-corrected chi connectivity index (χ1v) is 11.4. The number of para-hydroxylation sites is 1. The standard InChI is InChI=1S/C21H22NO10P/c23-11-16-17(25)18(32-33(27,28)29)19(31-21(26)13-5-7-14(24)8-6-13)20(30-16)22-10-9-12-3-1-2-4-15(12)22/h1-10,16-20,23-25H,11H2,(H2,27,28,29)/t16-,17-,18+,19-,20-/m1/s1. The van der Waals surface area contributed by atoms with Crippen LogP contribution in [0.1, 0.15) is 16.6 Å². The quantitative estimate of drug-likeness (QED) is 0.257. The number of aromatic nitrogens is 1. The van der Waals surface area contributed by atoms with Crippen molar-refractivity contribution >= 4 is 24.7 Å². The van der Waals surface area contributed by atoms with Gasteiger partial charge in [-0.1, -0.05) is 18.2 Å². The molecule has 5 atom stereocenters. The van der Waals surface area contributed by atoms with Gasteiger partial charge in [0.15, 0.2) is 12.3 Å². The molecule has 3 aromatic rings. The van der Waals surface area contributed by atoms with E-state index in [0.29, 0.717) is 5.52 Å². The number of fused-ring (bicyclic) bond motifs is 1. The Morgan fingerprint density at radius 1 is 1.06 bits per heavy atom. The molecule has 0 unspecified atom stereocenters. The summed E-state index contributed by atoms with van der Waals surface area (Å²) in [5.74, 6) is -0.979. The minimum absolute atomic E-state index is 0.0395. The minimum Gasteiger partial charge on any atom is -0.508 e. The monoisotopic (exact) mass is 479 g/mol. The first-order chi connectivity index (χ1) is 15.7. The van der Waals surface area contributed by atoms with Gasteiger partial charge < -0.3 is 39.1 Å². The maximum absolute atomic E-state index is 12.8. The Bertz CT molecular complexity index is 1170. The average molecular weight is 479 g/mol. The van der Waals surface area contributed by atoms with Gasteiger partial charge in [-0.15, -0.1) is 0 Å². The Morgan fingerprint density at radius 3 is 2.42 bits per heavy atom. The lowest BCUT2D eigenvalue weighted by molar-refractivity contribution is -0.246. The van der Waals surface area contributed by atoms with Gasteiger partial charge in [-0.3, -0.25) is 4.52 Å². The number of hydrogen-bond donors (Lipinski definition) is 5. The van der Waals surface area contributed by atoms with Gasteiger partial charge >= 0.3 is 13.8 Å². The van der Waals surface area contributed by atoms with Crippen LogP contribution in [0, 0.1) is 0 Å². The van der Waals surface area contributed by atoms with Crippen LogP contribution in [-0.4, -0.2) is 66.7 Å². The lowest BCUT2D eigenvalue weighted by Gasteiger charge is -2.44. The Labute approximate surface area is 187 Å². The van der Waals surface area contributed by atoms with Gasteiger partial charge in [-0.2, -0.15) is 0 Å². The van der Waals surface area contributed by atoms with Gasteiger partial charge in [0.2, 0.25) is 0 Å². The molecule has 0 spiro atoms. The highest BCUT2D eigenvalue weighted by Gasteiger charge is 2.51. The number of benzene rings is 2. The van der Waals surface area contributed by atoms with Gasteiger partial charge in [0, 0.05) is 6.20 Å². The van der Waals surface area contributed by atoms with E-state index in [0.717, 1.165) is 5.39 Å². The third-order valence-electron chi connectivity index (χ3n) is 5.33. The zero-order valence-electron chi connectivity index (χ0n) is 17.0. The molecule has 176 valence electrons. The number of esters is 1. The zero-order chi connectivity index (χ0) is 23.8. The summed E-state index contributed by atoms with van der Waals surface area (Å²) in [6, 6.07) is 14.1. The van der Waals surface area contributed by atoms with E-state index >= 15 is 0 Å². The number of phenols is 1. The van der Waals surface area contributed by atoms with E-state index in [4.69, 9.17) is 14.0 Å². The van der Waals surface area contributed by atoms with Gasteiger partial charge in [0.1, 0.15) is 24.1 Å². The lowest BCUT2D eigenvalue weighted by atomic mass is 9.97. The Balaban J connectivity index is 1.77. The van der Waals surface area contributed by atoms with Crippen LogP contribution in [0.2, 0.25) is 0 Å². The predicted molar refractivity (Wildman–Crippen MR) is 113 cm³/mol. The number of carbonyl (C=O) groups is 1. The molecule has 2 aromatic carbocycles. The molecular weight excluding hydrogens is 457 g/mol.